The Morgan fingerprint density at radius 2 is 1.79 bits per heavy atom. The van der Waals surface area contributed by atoms with Crippen molar-refractivity contribution >= 4 is 35.2 Å². The van der Waals surface area contributed by atoms with Crippen molar-refractivity contribution in [3.05, 3.63) is 70.8 Å². The largest absolute Gasteiger partial charge is 0.289 e. The number of thioether (sulfide) groups is 1. The van der Waals surface area contributed by atoms with Gasteiger partial charge in [0.25, 0.3) is 0 Å². The zero-order chi connectivity index (χ0) is 13.7. The van der Waals surface area contributed by atoms with Gasteiger partial charge in [0.15, 0.2) is 5.78 Å². The average Bonchev–Trinajstić information content (AvgIpc) is 2.46. The first kappa shape index (κ1) is 13.9. The molecule has 0 aliphatic carbocycles. The maximum absolute atomic E-state index is 12.0. The van der Waals surface area contributed by atoms with Gasteiger partial charge in [-0.15, -0.1) is 11.8 Å². The minimum atomic E-state index is -0.0208. The summed E-state index contributed by atoms with van der Waals surface area (Å²) in [7, 11) is 0. The van der Waals surface area contributed by atoms with E-state index in [1.807, 2.05) is 48.7 Å². The second-order valence-corrected chi connectivity index (χ2v) is 5.23. The van der Waals surface area contributed by atoms with Crippen molar-refractivity contribution in [3.63, 3.8) is 0 Å². The predicted molar refractivity (Wildman–Crippen MR) is 83.0 cm³/mol. The molecule has 0 aliphatic rings. The van der Waals surface area contributed by atoms with E-state index in [9.17, 15) is 4.79 Å². The highest BCUT2D eigenvalue weighted by Crippen LogP contribution is 2.18. The summed E-state index contributed by atoms with van der Waals surface area (Å²) in [6.07, 6.45) is 5.30. The van der Waals surface area contributed by atoms with Crippen LogP contribution in [-0.4, -0.2) is 12.0 Å². The zero-order valence-corrected chi connectivity index (χ0v) is 12.0. The second-order valence-electron chi connectivity index (χ2n) is 3.95. The summed E-state index contributed by atoms with van der Waals surface area (Å²) in [5.74, 6) is -0.0208. The van der Waals surface area contributed by atoms with E-state index in [1.165, 1.54) is 0 Å². The fourth-order valence-electron chi connectivity index (χ4n) is 1.63. The van der Waals surface area contributed by atoms with Crippen LogP contribution in [0.25, 0.3) is 6.08 Å². The van der Waals surface area contributed by atoms with Crippen molar-refractivity contribution in [1.82, 2.24) is 0 Å². The molecular weight excluding hydrogens is 276 g/mol. The first-order chi connectivity index (χ1) is 9.20. The number of allylic oxidation sites excluding steroid dienone is 1. The monoisotopic (exact) mass is 288 g/mol. The number of carbonyl (C=O) groups excluding carboxylic acids is 1. The molecule has 19 heavy (non-hydrogen) atoms. The molecule has 2 aromatic rings. The van der Waals surface area contributed by atoms with Crippen LogP contribution >= 0.6 is 23.4 Å². The van der Waals surface area contributed by atoms with Crippen molar-refractivity contribution in [2.75, 3.05) is 6.26 Å². The van der Waals surface area contributed by atoms with E-state index < -0.39 is 0 Å². The highest BCUT2D eigenvalue weighted by atomic mass is 35.5. The molecule has 0 aliphatic heterocycles. The van der Waals surface area contributed by atoms with Gasteiger partial charge in [0.1, 0.15) is 0 Å². The van der Waals surface area contributed by atoms with E-state index >= 15 is 0 Å². The number of hydrogen-bond donors (Lipinski definition) is 0. The molecule has 96 valence electrons. The quantitative estimate of drug-likeness (QED) is 0.449. The molecule has 2 aromatic carbocycles. The first-order valence-electron chi connectivity index (χ1n) is 5.81. The van der Waals surface area contributed by atoms with E-state index in [-0.39, 0.29) is 5.78 Å². The summed E-state index contributed by atoms with van der Waals surface area (Å²) < 4.78 is 0. The van der Waals surface area contributed by atoms with Gasteiger partial charge < -0.3 is 0 Å². The molecule has 0 bridgehead atoms. The van der Waals surface area contributed by atoms with Crippen LogP contribution in [0.4, 0.5) is 0 Å². The lowest BCUT2D eigenvalue weighted by molar-refractivity contribution is 0.104. The van der Waals surface area contributed by atoms with Crippen LogP contribution in [0.5, 0.6) is 0 Å². The van der Waals surface area contributed by atoms with E-state index in [4.69, 9.17) is 11.6 Å². The molecule has 0 amide bonds. The first-order valence-corrected chi connectivity index (χ1v) is 7.42. The summed E-state index contributed by atoms with van der Waals surface area (Å²) >= 11 is 7.68. The number of carbonyl (C=O) groups is 1. The Bertz CT molecular complexity index is 602. The van der Waals surface area contributed by atoms with Gasteiger partial charge in [-0.05, 0) is 54.3 Å². The summed E-state index contributed by atoms with van der Waals surface area (Å²) in [6.45, 7) is 0. The molecule has 3 heteroatoms. The maximum atomic E-state index is 12.0. The van der Waals surface area contributed by atoms with Gasteiger partial charge >= 0.3 is 0 Å². The van der Waals surface area contributed by atoms with Crippen LogP contribution < -0.4 is 0 Å². The molecule has 0 spiro atoms. The van der Waals surface area contributed by atoms with Crippen molar-refractivity contribution in [2.45, 2.75) is 4.90 Å². The second kappa shape index (κ2) is 6.60. The Morgan fingerprint density at radius 1 is 1.11 bits per heavy atom. The van der Waals surface area contributed by atoms with E-state index in [0.717, 1.165) is 10.5 Å². The van der Waals surface area contributed by atoms with Crippen molar-refractivity contribution in [3.8, 4) is 0 Å². The summed E-state index contributed by atoms with van der Waals surface area (Å²) in [6, 6.07) is 15.0. The number of rotatable bonds is 4. The van der Waals surface area contributed by atoms with Gasteiger partial charge in [0, 0.05) is 15.5 Å². The lowest BCUT2D eigenvalue weighted by Gasteiger charge is -1.99. The predicted octanol–water partition coefficient (Wildman–Crippen LogP) is 4.96. The molecule has 0 saturated carbocycles. The smallest absolute Gasteiger partial charge is 0.185 e. The topological polar surface area (TPSA) is 17.1 Å². The number of ketones is 1. The van der Waals surface area contributed by atoms with Crippen LogP contribution in [0.2, 0.25) is 5.02 Å². The van der Waals surface area contributed by atoms with Gasteiger partial charge in [-0.25, -0.2) is 0 Å². The number of benzene rings is 2. The lowest BCUT2D eigenvalue weighted by atomic mass is 10.1. The third-order valence-corrected chi connectivity index (χ3v) is 3.78. The average molecular weight is 289 g/mol. The highest BCUT2D eigenvalue weighted by molar-refractivity contribution is 7.98. The molecular formula is C16H13ClOS. The summed E-state index contributed by atoms with van der Waals surface area (Å²) in [4.78, 5) is 13.1. The maximum Gasteiger partial charge on any atom is 0.185 e. The van der Waals surface area contributed by atoms with Crippen LogP contribution in [0.1, 0.15) is 15.9 Å². The highest BCUT2D eigenvalue weighted by Gasteiger charge is 2.02. The van der Waals surface area contributed by atoms with Gasteiger partial charge in [-0.3, -0.25) is 4.79 Å². The van der Waals surface area contributed by atoms with E-state index in [0.29, 0.717) is 10.6 Å². The van der Waals surface area contributed by atoms with Gasteiger partial charge in [0.05, 0.1) is 0 Å². The van der Waals surface area contributed by atoms with Gasteiger partial charge in [-0.1, -0.05) is 29.8 Å². The van der Waals surface area contributed by atoms with Crippen LogP contribution in [0, 0.1) is 0 Å². The lowest BCUT2D eigenvalue weighted by Crippen LogP contribution is -1.93. The number of hydrogen-bond acceptors (Lipinski definition) is 2. The molecule has 0 unspecified atom stereocenters. The van der Waals surface area contributed by atoms with E-state index in [2.05, 4.69) is 0 Å². The third kappa shape index (κ3) is 3.72. The Labute approximate surface area is 122 Å². The van der Waals surface area contributed by atoms with Crippen LogP contribution in [-0.2, 0) is 0 Å². The standard InChI is InChI=1S/C16H13ClOS/c1-19-14-9-6-13(7-10-14)16(18)11-8-12-4-2-3-5-15(12)17/h2-11H,1H3/b11-8-. The molecule has 2 rings (SSSR count). The summed E-state index contributed by atoms with van der Waals surface area (Å²) in [5, 5.41) is 0.643. The van der Waals surface area contributed by atoms with Crippen molar-refractivity contribution < 1.29 is 4.79 Å². The van der Waals surface area contributed by atoms with E-state index in [1.54, 1.807) is 30.0 Å². The molecule has 0 N–H and O–H groups in total. The van der Waals surface area contributed by atoms with Gasteiger partial charge in [0.2, 0.25) is 0 Å². The number of halogens is 1. The Morgan fingerprint density at radius 3 is 2.42 bits per heavy atom. The Balaban J connectivity index is 2.14. The van der Waals surface area contributed by atoms with Crippen molar-refractivity contribution in [2.24, 2.45) is 0 Å². The minimum absolute atomic E-state index is 0.0208. The molecule has 0 atom stereocenters. The van der Waals surface area contributed by atoms with Gasteiger partial charge in [-0.2, -0.15) is 0 Å². The fraction of sp³-hybridized carbons (Fsp3) is 0.0625. The molecule has 1 nitrogen and oxygen atoms in total. The summed E-state index contributed by atoms with van der Waals surface area (Å²) in [5.41, 5.74) is 1.53. The minimum Gasteiger partial charge on any atom is -0.289 e. The van der Waals surface area contributed by atoms with Crippen molar-refractivity contribution in [1.29, 1.82) is 0 Å². The zero-order valence-electron chi connectivity index (χ0n) is 10.5. The molecule has 0 heterocycles. The molecule has 0 saturated heterocycles. The Kier molecular flexibility index (Phi) is 4.83. The normalized spacial score (nSPS) is 10.8. The molecule has 0 radical (unpaired) electrons. The Hall–Kier alpha value is -1.51. The fourth-order valence-corrected chi connectivity index (χ4v) is 2.23. The SMILES string of the molecule is CSc1ccc(C(=O)/C=C\c2ccccc2Cl)cc1. The van der Waals surface area contributed by atoms with Crippen LogP contribution in [0.3, 0.4) is 0 Å². The third-order valence-electron chi connectivity index (χ3n) is 2.69. The molecule has 0 fully saturated rings. The molecule has 0 aromatic heterocycles. The van der Waals surface area contributed by atoms with Crippen LogP contribution in [0.15, 0.2) is 59.5 Å².